The van der Waals surface area contributed by atoms with Gasteiger partial charge in [-0.05, 0) is 57.1 Å². The van der Waals surface area contributed by atoms with Gasteiger partial charge in [-0.2, -0.15) is 0 Å². The van der Waals surface area contributed by atoms with Crippen LogP contribution < -0.4 is 10.1 Å². The van der Waals surface area contributed by atoms with Crippen molar-refractivity contribution < 1.29 is 4.74 Å². The lowest BCUT2D eigenvalue weighted by Gasteiger charge is -2.37. The molecular weight excluding hydrogens is 292 g/mol. The van der Waals surface area contributed by atoms with Crippen LogP contribution in [0.15, 0.2) is 22.7 Å². The average Bonchev–Trinajstić information content (AvgIpc) is 2.38. The highest BCUT2D eigenvalue weighted by atomic mass is 79.9. The summed E-state index contributed by atoms with van der Waals surface area (Å²) >= 11 is 3.51. The van der Waals surface area contributed by atoms with Crippen molar-refractivity contribution in [1.29, 1.82) is 0 Å². The Balaban J connectivity index is 1.70. The molecule has 3 nitrogen and oxygen atoms in total. The molecule has 0 amide bonds. The van der Waals surface area contributed by atoms with Gasteiger partial charge in [0.25, 0.3) is 0 Å². The number of piperidine rings is 1. The van der Waals surface area contributed by atoms with Gasteiger partial charge in [-0.3, -0.25) is 0 Å². The third-order valence-corrected chi connectivity index (χ3v) is 4.53. The molecule has 0 aromatic heterocycles. The largest absolute Gasteiger partial charge is 0.489 e. The maximum absolute atomic E-state index is 5.87. The summed E-state index contributed by atoms with van der Waals surface area (Å²) < 4.78 is 6.97. The third kappa shape index (κ3) is 2.50. The minimum atomic E-state index is 0.459. The molecule has 0 spiro atoms. The molecule has 2 heterocycles. The van der Waals surface area contributed by atoms with E-state index in [1.54, 1.807) is 0 Å². The molecule has 2 aliphatic heterocycles. The molecule has 1 unspecified atom stereocenters. The normalized spacial score (nSPS) is 25.1. The summed E-state index contributed by atoms with van der Waals surface area (Å²) in [5, 5.41) is 3.65. The number of nitrogens with zero attached hydrogens (tertiary/aromatic N) is 1. The van der Waals surface area contributed by atoms with Crippen molar-refractivity contribution in [3.05, 3.63) is 22.7 Å². The van der Waals surface area contributed by atoms with Crippen LogP contribution >= 0.6 is 15.9 Å². The number of nitrogens with one attached hydrogen (secondary N) is 1. The Labute approximate surface area is 117 Å². The molecule has 1 atom stereocenters. The first-order chi connectivity index (χ1) is 8.72. The molecule has 3 rings (SSSR count). The van der Waals surface area contributed by atoms with Crippen molar-refractivity contribution in [2.24, 2.45) is 5.92 Å². The number of ether oxygens (including phenoxy) is 1. The van der Waals surface area contributed by atoms with Gasteiger partial charge in [-0.25, -0.2) is 0 Å². The zero-order valence-electron chi connectivity index (χ0n) is 10.7. The standard InChI is InChI=1S/C14H19BrN2O/c1-17-6-4-10(5-7-17)13-9-18-14-3-2-11(15)8-12(14)16-13/h2-3,8,10,13,16H,4-7,9H2,1H3. The SMILES string of the molecule is CN1CCC(C2COc3ccc(Br)cc3N2)CC1. The molecule has 2 aliphatic rings. The quantitative estimate of drug-likeness (QED) is 0.863. The van der Waals surface area contributed by atoms with E-state index in [1.807, 2.05) is 12.1 Å². The van der Waals surface area contributed by atoms with Crippen molar-refractivity contribution in [2.75, 3.05) is 32.1 Å². The van der Waals surface area contributed by atoms with E-state index in [0.717, 1.165) is 28.4 Å². The van der Waals surface area contributed by atoms with Gasteiger partial charge in [0.15, 0.2) is 0 Å². The molecule has 18 heavy (non-hydrogen) atoms. The number of hydrogen-bond acceptors (Lipinski definition) is 3. The van der Waals surface area contributed by atoms with Crippen molar-refractivity contribution >= 4 is 21.6 Å². The molecule has 0 aliphatic carbocycles. The van der Waals surface area contributed by atoms with E-state index in [1.165, 1.54) is 25.9 Å². The second-order valence-corrected chi connectivity index (χ2v) is 6.26. The summed E-state index contributed by atoms with van der Waals surface area (Å²) in [6.07, 6.45) is 2.53. The Morgan fingerprint density at radius 1 is 1.33 bits per heavy atom. The number of halogens is 1. The first kappa shape index (κ1) is 12.3. The second-order valence-electron chi connectivity index (χ2n) is 5.34. The van der Waals surface area contributed by atoms with E-state index < -0.39 is 0 Å². The van der Waals surface area contributed by atoms with E-state index in [0.29, 0.717) is 6.04 Å². The van der Waals surface area contributed by atoms with E-state index in [9.17, 15) is 0 Å². The Kier molecular flexibility index (Phi) is 3.48. The van der Waals surface area contributed by atoms with Gasteiger partial charge in [-0.15, -0.1) is 0 Å². The number of anilines is 1. The minimum absolute atomic E-state index is 0.459. The van der Waals surface area contributed by atoms with Crippen molar-refractivity contribution in [3.63, 3.8) is 0 Å². The Hall–Kier alpha value is -0.740. The predicted octanol–water partition coefficient (Wildman–Crippen LogP) is 2.96. The third-order valence-electron chi connectivity index (χ3n) is 4.03. The molecule has 1 N–H and O–H groups in total. The zero-order chi connectivity index (χ0) is 12.5. The van der Waals surface area contributed by atoms with Crippen LogP contribution in [-0.2, 0) is 0 Å². The van der Waals surface area contributed by atoms with E-state index in [-0.39, 0.29) is 0 Å². The van der Waals surface area contributed by atoms with Gasteiger partial charge >= 0.3 is 0 Å². The highest BCUT2D eigenvalue weighted by Crippen LogP contribution is 2.34. The highest BCUT2D eigenvalue weighted by molar-refractivity contribution is 9.10. The molecule has 98 valence electrons. The molecule has 0 bridgehead atoms. The van der Waals surface area contributed by atoms with Crippen LogP contribution in [0, 0.1) is 5.92 Å². The Morgan fingerprint density at radius 3 is 2.89 bits per heavy atom. The number of likely N-dealkylation sites (tertiary alicyclic amines) is 1. The topological polar surface area (TPSA) is 24.5 Å². The van der Waals surface area contributed by atoms with Crippen LogP contribution in [0.25, 0.3) is 0 Å². The Morgan fingerprint density at radius 2 is 2.11 bits per heavy atom. The van der Waals surface area contributed by atoms with Crippen LogP contribution in [0.5, 0.6) is 5.75 Å². The summed E-state index contributed by atoms with van der Waals surface area (Å²) in [5.41, 5.74) is 1.12. The van der Waals surface area contributed by atoms with E-state index in [2.05, 4.69) is 39.3 Å². The molecule has 1 aromatic carbocycles. The van der Waals surface area contributed by atoms with Gasteiger partial charge < -0.3 is 15.0 Å². The fourth-order valence-corrected chi connectivity index (χ4v) is 3.21. The van der Waals surface area contributed by atoms with Crippen molar-refractivity contribution in [1.82, 2.24) is 4.90 Å². The van der Waals surface area contributed by atoms with Gasteiger partial charge in [-0.1, -0.05) is 15.9 Å². The molecule has 1 aromatic rings. The summed E-state index contributed by atoms with van der Waals surface area (Å²) in [4.78, 5) is 2.41. The molecule has 0 radical (unpaired) electrons. The van der Waals surface area contributed by atoms with Crippen LogP contribution in [0.2, 0.25) is 0 Å². The smallest absolute Gasteiger partial charge is 0.142 e. The number of benzene rings is 1. The lowest BCUT2D eigenvalue weighted by Crippen LogP contribution is -2.43. The monoisotopic (exact) mass is 310 g/mol. The van der Waals surface area contributed by atoms with Crippen LogP contribution in [0.3, 0.4) is 0 Å². The molecule has 4 heteroatoms. The van der Waals surface area contributed by atoms with Crippen LogP contribution in [0.1, 0.15) is 12.8 Å². The van der Waals surface area contributed by atoms with E-state index >= 15 is 0 Å². The lowest BCUT2D eigenvalue weighted by atomic mass is 9.89. The molecule has 1 saturated heterocycles. The van der Waals surface area contributed by atoms with Crippen molar-refractivity contribution in [3.8, 4) is 5.75 Å². The number of fused-ring (bicyclic) bond motifs is 1. The average molecular weight is 311 g/mol. The minimum Gasteiger partial charge on any atom is -0.489 e. The first-order valence-corrected chi connectivity index (χ1v) is 7.39. The number of rotatable bonds is 1. The lowest BCUT2D eigenvalue weighted by molar-refractivity contribution is 0.168. The zero-order valence-corrected chi connectivity index (χ0v) is 12.2. The fourth-order valence-electron chi connectivity index (χ4n) is 2.85. The first-order valence-electron chi connectivity index (χ1n) is 6.60. The molecular formula is C14H19BrN2O. The van der Waals surface area contributed by atoms with Gasteiger partial charge in [0.2, 0.25) is 0 Å². The van der Waals surface area contributed by atoms with Crippen LogP contribution in [0.4, 0.5) is 5.69 Å². The summed E-state index contributed by atoms with van der Waals surface area (Å²) in [6.45, 7) is 3.20. The fraction of sp³-hybridized carbons (Fsp3) is 0.571. The second kappa shape index (κ2) is 5.10. The van der Waals surface area contributed by atoms with Gasteiger partial charge in [0, 0.05) is 4.47 Å². The Bertz CT molecular complexity index is 430. The molecule has 1 fully saturated rings. The summed E-state index contributed by atoms with van der Waals surface area (Å²) in [7, 11) is 2.20. The van der Waals surface area contributed by atoms with Crippen LogP contribution in [-0.4, -0.2) is 37.7 Å². The highest BCUT2D eigenvalue weighted by Gasteiger charge is 2.29. The summed E-state index contributed by atoms with van der Waals surface area (Å²) in [5.74, 6) is 1.70. The maximum atomic E-state index is 5.87. The van der Waals surface area contributed by atoms with Crippen molar-refractivity contribution in [2.45, 2.75) is 18.9 Å². The predicted molar refractivity (Wildman–Crippen MR) is 77.3 cm³/mol. The van der Waals surface area contributed by atoms with E-state index in [4.69, 9.17) is 4.74 Å². The van der Waals surface area contributed by atoms with Gasteiger partial charge in [0.1, 0.15) is 12.4 Å². The summed E-state index contributed by atoms with van der Waals surface area (Å²) in [6, 6.07) is 6.62. The maximum Gasteiger partial charge on any atom is 0.142 e. The molecule has 0 saturated carbocycles. The number of hydrogen-bond donors (Lipinski definition) is 1. The van der Waals surface area contributed by atoms with Gasteiger partial charge in [0.05, 0.1) is 11.7 Å².